The molecule has 0 atom stereocenters. The van der Waals surface area contributed by atoms with Crippen LogP contribution in [0.25, 0.3) is 0 Å². The number of hydrogen-bond acceptors (Lipinski definition) is 3. The lowest BCUT2D eigenvalue weighted by atomic mass is 10.1. The molecule has 0 unspecified atom stereocenters. The van der Waals surface area contributed by atoms with E-state index in [4.69, 9.17) is 0 Å². The summed E-state index contributed by atoms with van der Waals surface area (Å²) in [7, 11) is 0. The molecular formula is C18H23N3O. The fraction of sp³-hybridized carbons (Fsp3) is 0.333. The summed E-state index contributed by atoms with van der Waals surface area (Å²) in [6, 6.07) is 11.8. The van der Waals surface area contributed by atoms with Crippen LogP contribution in [0.4, 0.5) is 11.4 Å². The Morgan fingerprint density at radius 3 is 2.73 bits per heavy atom. The van der Waals surface area contributed by atoms with Gasteiger partial charge < -0.3 is 10.6 Å². The summed E-state index contributed by atoms with van der Waals surface area (Å²) >= 11 is 0. The first kappa shape index (κ1) is 16.0. The Morgan fingerprint density at radius 1 is 1.23 bits per heavy atom. The Kier molecular flexibility index (Phi) is 5.53. The van der Waals surface area contributed by atoms with Gasteiger partial charge in [0.05, 0.1) is 0 Å². The number of para-hydroxylation sites is 1. The fourth-order valence-electron chi connectivity index (χ4n) is 2.13. The molecule has 0 bridgehead atoms. The number of carbonyl (C=O) groups excluding carboxylic acids is 1. The molecule has 2 rings (SSSR count). The van der Waals surface area contributed by atoms with E-state index < -0.39 is 0 Å². The first-order valence-electron chi connectivity index (χ1n) is 7.69. The number of pyridine rings is 1. The van der Waals surface area contributed by atoms with Crippen LogP contribution >= 0.6 is 0 Å². The Hall–Kier alpha value is -2.36. The quantitative estimate of drug-likeness (QED) is 0.853. The van der Waals surface area contributed by atoms with Crippen molar-refractivity contribution in [3.05, 3.63) is 53.9 Å². The van der Waals surface area contributed by atoms with Crippen LogP contribution in [0.15, 0.2) is 42.6 Å². The highest BCUT2D eigenvalue weighted by Gasteiger charge is 2.09. The second-order valence-electron chi connectivity index (χ2n) is 5.67. The van der Waals surface area contributed by atoms with Gasteiger partial charge in [-0.15, -0.1) is 0 Å². The molecule has 0 saturated carbocycles. The van der Waals surface area contributed by atoms with Gasteiger partial charge in [-0.1, -0.05) is 39.0 Å². The lowest BCUT2D eigenvalue weighted by molar-refractivity contribution is 0.0944. The molecule has 1 aromatic carbocycles. The van der Waals surface area contributed by atoms with Crippen LogP contribution in [0, 0.1) is 5.92 Å². The highest BCUT2D eigenvalue weighted by atomic mass is 16.1. The second kappa shape index (κ2) is 7.59. The van der Waals surface area contributed by atoms with Gasteiger partial charge in [0, 0.05) is 24.1 Å². The molecule has 0 aliphatic carbocycles. The number of nitrogens with one attached hydrogen (secondary N) is 2. The summed E-state index contributed by atoms with van der Waals surface area (Å²) in [5, 5.41) is 6.25. The molecule has 2 N–H and O–H groups in total. The zero-order valence-electron chi connectivity index (χ0n) is 13.4. The molecule has 116 valence electrons. The summed E-state index contributed by atoms with van der Waals surface area (Å²) in [6.45, 7) is 6.90. The molecule has 0 radical (unpaired) electrons. The van der Waals surface area contributed by atoms with Crippen molar-refractivity contribution in [1.29, 1.82) is 0 Å². The van der Waals surface area contributed by atoms with Crippen LogP contribution in [0.5, 0.6) is 0 Å². The van der Waals surface area contributed by atoms with E-state index in [0.29, 0.717) is 18.2 Å². The van der Waals surface area contributed by atoms with Crippen LogP contribution in [0.3, 0.4) is 0 Å². The number of aromatic nitrogens is 1. The number of rotatable bonds is 6. The van der Waals surface area contributed by atoms with E-state index >= 15 is 0 Å². The lowest BCUT2D eigenvalue weighted by Crippen LogP contribution is -2.28. The Balaban J connectivity index is 2.13. The number of amides is 1. The number of carbonyl (C=O) groups is 1. The first-order chi connectivity index (χ1) is 10.6. The normalized spacial score (nSPS) is 10.5. The van der Waals surface area contributed by atoms with Gasteiger partial charge in [-0.2, -0.15) is 0 Å². The maximum absolute atomic E-state index is 12.1. The number of hydrogen-bond donors (Lipinski definition) is 2. The van der Waals surface area contributed by atoms with Crippen molar-refractivity contribution in [2.75, 3.05) is 11.9 Å². The van der Waals surface area contributed by atoms with Crippen molar-refractivity contribution in [2.45, 2.75) is 27.2 Å². The minimum Gasteiger partial charge on any atom is -0.355 e. The molecule has 4 nitrogen and oxygen atoms in total. The minimum absolute atomic E-state index is 0.138. The highest BCUT2D eigenvalue weighted by Crippen LogP contribution is 2.21. The molecular weight excluding hydrogens is 274 g/mol. The maximum Gasteiger partial charge on any atom is 0.269 e. The minimum atomic E-state index is -0.138. The summed E-state index contributed by atoms with van der Waals surface area (Å²) in [5.41, 5.74) is 3.60. The van der Waals surface area contributed by atoms with Gasteiger partial charge in [0.2, 0.25) is 0 Å². The molecule has 0 aliphatic heterocycles. The Bertz CT molecular complexity index is 638. The summed E-state index contributed by atoms with van der Waals surface area (Å²) < 4.78 is 0. The average molecular weight is 297 g/mol. The summed E-state index contributed by atoms with van der Waals surface area (Å²) in [5.74, 6) is 0.280. The summed E-state index contributed by atoms with van der Waals surface area (Å²) in [4.78, 5) is 16.2. The fourth-order valence-corrected chi connectivity index (χ4v) is 2.13. The molecule has 0 spiro atoms. The molecule has 1 amide bonds. The monoisotopic (exact) mass is 297 g/mol. The molecule has 0 aliphatic rings. The van der Waals surface area contributed by atoms with Crippen molar-refractivity contribution in [3.8, 4) is 0 Å². The number of nitrogens with zero attached hydrogens (tertiary/aromatic N) is 1. The second-order valence-corrected chi connectivity index (χ2v) is 5.67. The molecule has 4 heteroatoms. The van der Waals surface area contributed by atoms with Crippen molar-refractivity contribution in [3.63, 3.8) is 0 Å². The van der Waals surface area contributed by atoms with Gasteiger partial charge in [-0.25, -0.2) is 0 Å². The highest BCUT2D eigenvalue weighted by molar-refractivity contribution is 5.93. The smallest absolute Gasteiger partial charge is 0.269 e. The van der Waals surface area contributed by atoms with Crippen molar-refractivity contribution < 1.29 is 4.79 Å². The van der Waals surface area contributed by atoms with E-state index in [0.717, 1.165) is 17.8 Å². The Labute approximate surface area is 132 Å². The third-order valence-corrected chi connectivity index (χ3v) is 3.34. The van der Waals surface area contributed by atoms with Crippen LogP contribution in [0.2, 0.25) is 0 Å². The first-order valence-corrected chi connectivity index (χ1v) is 7.69. The van der Waals surface area contributed by atoms with Crippen molar-refractivity contribution in [1.82, 2.24) is 10.3 Å². The molecule has 22 heavy (non-hydrogen) atoms. The van der Waals surface area contributed by atoms with E-state index in [-0.39, 0.29) is 5.91 Å². The summed E-state index contributed by atoms with van der Waals surface area (Å²) in [6.07, 6.45) is 2.61. The number of aryl methyl sites for hydroxylation is 1. The average Bonchev–Trinajstić information content (AvgIpc) is 2.53. The van der Waals surface area contributed by atoms with Crippen LogP contribution in [-0.4, -0.2) is 17.4 Å². The topological polar surface area (TPSA) is 54.0 Å². The molecule has 0 saturated heterocycles. The van der Waals surface area contributed by atoms with Gasteiger partial charge in [-0.05, 0) is 36.1 Å². The van der Waals surface area contributed by atoms with Gasteiger partial charge >= 0.3 is 0 Å². The van der Waals surface area contributed by atoms with E-state index in [1.54, 1.807) is 12.3 Å². The van der Waals surface area contributed by atoms with Crippen LogP contribution in [0.1, 0.15) is 36.8 Å². The standard InChI is InChI=1S/C18H23N3O/c1-4-14-7-5-6-8-16(14)21-15-9-10-19-17(11-15)18(22)20-12-13(2)3/h5-11,13H,4,12H2,1-3H3,(H,19,21)(H,20,22). The lowest BCUT2D eigenvalue weighted by Gasteiger charge is -2.12. The zero-order chi connectivity index (χ0) is 15.9. The van der Waals surface area contributed by atoms with Gasteiger partial charge in [-0.3, -0.25) is 9.78 Å². The predicted molar refractivity (Wildman–Crippen MR) is 90.5 cm³/mol. The largest absolute Gasteiger partial charge is 0.355 e. The third-order valence-electron chi connectivity index (χ3n) is 3.34. The van der Waals surface area contributed by atoms with E-state index in [9.17, 15) is 4.79 Å². The number of benzene rings is 1. The molecule has 0 fully saturated rings. The van der Waals surface area contributed by atoms with Crippen LogP contribution in [-0.2, 0) is 6.42 Å². The molecule has 1 aromatic heterocycles. The zero-order valence-corrected chi connectivity index (χ0v) is 13.4. The molecule has 2 aromatic rings. The maximum atomic E-state index is 12.1. The Morgan fingerprint density at radius 2 is 2.00 bits per heavy atom. The van der Waals surface area contributed by atoms with Crippen LogP contribution < -0.4 is 10.6 Å². The van der Waals surface area contributed by atoms with Gasteiger partial charge in [0.25, 0.3) is 5.91 Å². The van der Waals surface area contributed by atoms with E-state index in [1.807, 2.05) is 24.3 Å². The van der Waals surface area contributed by atoms with E-state index in [1.165, 1.54) is 5.56 Å². The number of anilines is 2. The van der Waals surface area contributed by atoms with E-state index in [2.05, 4.69) is 42.5 Å². The van der Waals surface area contributed by atoms with Gasteiger partial charge in [0.1, 0.15) is 5.69 Å². The predicted octanol–water partition coefficient (Wildman–Crippen LogP) is 3.77. The SMILES string of the molecule is CCc1ccccc1Nc1ccnc(C(=O)NCC(C)C)c1. The van der Waals surface area contributed by atoms with Crippen molar-refractivity contribution in [2.24, 2.45) is 5.92 Å². The third kappa shape index (κ3) is 4.32. The molecule has 1 heterocycles. The van der Waals surface area contributed by atoms with Gasteiger partial charge in [0.15, 0.2) is 0 Å². The van der Waals surface area contributed by atoms with Crippen molar-refractivity contribution >= 4 is 17.3 Å².